The van der Waals surface area contributed by atoms with Crippen molar-refractivity contribution in [1.82, 2.24) is 9.91 Å². The zero-order chi connectivity index (χ0) is 22.5. The maximum atomic E-state index is 12.9. The van der Waals surface area contributed by atoms with Crippen LogP contribution in [-0.4, -0.2) is 53.9 Å². The minimum absolute atomic E-state index is 0.0134. The van der Waals surface area contributed by atoms with Gasteiger partial charge in [-0.15, -0.1) is 0 Å². The Balaban J connectivity index is 1.43. The summed E-state index contributed by atoms with van der Waals surface area (Å²) in [6.07, 6.45) is 2.82. The molecule has 0 radical (unpaired) electrons. The van der Waals surface area contributed by atoms with E-state index in [2.05, 4.69) is 14.7 Å². The summed E-state index contributed by atoms with van der Waals surface area (Å²) in [5.74, 6) is 0.258. The van der Waals surface area contributed by atoms with Gasteiger partial charge in [0.1, 0.15) is 0 Å². The first-order valence-electron chi connectivity index (χ1n) is 10.9. The molecule has 1 fully saturated rings. The first-order chi connectivity index (χ1) is 15.5. The number of alkyl halides is 2. The van der Waals surface area contributed by atoms with Gasteiger partial charge >= 0.3 is 6.61 Å². The van der Waals surface area contributed by atoms with Crippen molar-refractivity contribution in [3.63, 3.8) is 0 Å². The molecule has 0 saturated heterocycles. The number of rotatable bonds is 10. The maximum absolute atomic E-state index is 12.9. The highest BCUT2D eigenvalue weighted by Crippen LogP contribution is 2.33. The monoisotopic (exact) mass is 443 g/mol. The quantitative estimate of drug-likeness (QED) is 0.550. The average Bonchev–Trinajstić information content (AvgIpc) is 3.51. The van der Waals surface area contributed by atoms with Crippen LogP contribution in [0.25, 0.3) is 0 Å². The molecule has 1 aliphatic carbocycles. The van der Waals surface area contributed by atoms with Crippen molar-refractivity contribution >= 4 is 11.6 Å². The third-order valence-corrected chi connectivity index (χ3v) is 5.51. The third kappa shape index (κ3) is 5.62. The first-order valence-corrected chi connectivity index (χ1v) is 10.9. The van der Waals surface area contributed by atoms with Crippen molar-refractivity contribution < 1.29 is 23.0 Å². The minimum atomic E-state index is -2.91. The highest BCUT2D eigenvalue weighted by Gasteiger charge is 2.32. The molecule has 1 amide bonds. The first kappa shape index (κ1) is 22.2. The van der Waals surface area contributed by atoms with Crippen LogP contribution < -0.4 is 9.47 Å². The molecule has 32 heavy (non-hydrogen) atoms. The van der Waals surface area contributed by atoms with E-state index in [1.807, 2.05) is 30.3 Å². The van der Waals surface area contributed by atoms with Crippen LogP contribution in [0.5, 0.6) is 11.5 Å². The zero-order valence-corrected chi connectivity index (χ0v) is 18.0. The Morgan fingerprint density at radius 1 is 1.19 bits per heavy atom. The van der Waals surface area contributed by atoms with Crippen molar-refractivity contribution in [2.75, 3.05) is 19.7 Å². The van der Waals surface area contributed by atoms with Crippen molar-refractivity contribution in [2.24, 2.45) is 5.10 Å². The second kappa shape index (κ2) is 10.1. The van der Waals surface area contributed by atoms with Crippen molar-refractivity contribution in [2.45, 2.75) is 45.4 Å². The summed E-state index contributed by atoms with van der Waals surface area (Å²) in [5, 5.41) is 6.10. The van der Waals surface area contributed by atoms with E-state index in [4.69, 9.17) is 4.74 Å². The Labute approximate surface area is 186 Å². The number of benzene rings is 2. The molecule has 0 bridgehead atoms. The average molecular weight is 443 g/mol. The molecule has 0 spiro atoms. The number of hydrazone groups is 1. The van der Waals surface area contributed by atoms with Crippen LogP contribution in [0.1, 0.15) is 37.3 Å². The van der Waals surface area contributed by atoms with E-state index in [1.54, 1.807) is 24.1 Å². The SMILES string of the molecule is CCOc1cc(CN(CC(=O)N2CCC(c3ccccc3)=N2)C2CC2)ccc1OC(F)F. The van der Waals surface area contributed by atoms with Gasteiger partial charge in [-0.1, -0.05) is 36.4 Å². The van der Waals surface area contributed by atoms with E-state index in [9.17, 15) is 13.6 Å². The van der Waals surface area contributed by atoms with Crippen LogP contribution in [0.15, 0.2) is 53.6 Å². The Hall–Kier alpha value is -3.00. The van der Waals surface area contributed by atoms with E-state index in [1.165, 1.54) is 6.07 Å². The number of ether oxygens (including phenoxy) is 2. The third-order valence-electron chi connectivity index (χ3n) is 5.51. The second-order valence-corrected chi connectivity index (χ2v) is 7.91. The zero-order valence-electron chi connectivity index (χ0n) is 18.0. The van der Waals surface area contributed by atoms with Crippen molar-refractivity contribution in [1.29, 1.82) is 0 Å². The summed E-state index contributed by atoms with van der Waals surface area (Å²) in [7, 11) is 0. The summed E-state index contributed by atoms with van der Waals surface area (Å²) in [6.45, 7) is 0.570. The molecule has 1 aliphatic heterocycles. The Morgan fingerprint density at radius 2 is 1.97 bits per heavy atom. The molecule has 8 heteroatoms. The molecule has 2 aliphatic rings. The molecule has 1 saturated carbocycles. The second-order valence-electron chi connectivity index (χ2n) is 7.91. The van der Waals surface area contributed by atoms with E-state index in [0.717, 1.165) is 36.1 Å². The van der Waals surface area contributed by atoms with Gasteiger partial charge in [0.2, 0.25) is 0 Å². The highest BCUT2D eigenvalue weighted by atomic mass is 19.3. The van der Waals surface area contributed by atoms with Crippen LogP contribution in [0, 0.1) is 0 Å². The van der Waals surface area contributed by atoms with Gasteiger partial charge in [-0.3, -0.25) is 9.69 Å². The summed E-state index contributed by atoms with van der Waals surface area (Å²) >= 11 is 0. The molecule has 0 unspecified atom stereocenters. The number of hydrogen-bond acceptors (Lipinski definition) is 5. The summed E-state index contributed by atoms with van der Waals surface area (Å²) in [4.78, 5) is 15.1. The summed E-state index contributed by atoms with van der Waals surface area (Å²) in [6, 6.07) is 15.2. The number of hydrogen-bond donors (Lipinski definition) is 0. The number of nitrogens with zero attached hydrogens (tertiary/aromatic N) is 3. The Kier molecular flexibility index (Phi) is 6.99. The predicted octanol–water partition coefficient (Wildman–Crippen LogP) is 4.29. The van der Waals surface area contributed by atoms with Gasteiger partial charge in [0.05, 0.1) is 25.4 Å². The standard InChI is InChI=1S/C24H27F2N3O3/c1-2-31-22-14-17(8-11-21(22)32-24(25)26)15-28(19-9-10-19)16-23(30)29-13-12-20(27-29)18-6-4-3-5-7-18/h3-8,11,14,19,24H,2,9-10,12-13,15-16H2,1H3. The number of carbonyl (C=O) groups excluding carboxylic acids is 1. The topological polar surface area (TPSA) is 54.4 Å². The molecule has 0 atom stereocenters. The van der Waals surface area contributed by atoms with Gasteiger partial charge in [-0.2, -0.15) is 13.9 Å². The lowest BCUT2D eigenvalue weighted by molar-refractivity contribution is -0.132. The lowest BCUT2D eigenvalue weighted by Gasteiger charge is -2.24. The van der Waals surface area contributed by atoms with Crippen LogP contribution in [-0.2, 0) is 11.3 Å². The van der Waals surface area contributed by atoms with Crippen LogP contribution in [0.3, 0.4) is 0 Å². The Bertz CT molecular complexity index is 964. The fourth-order valence-electron chi connectivity index (χ4n) is 3.83. The molecule has 2 aromatic carbocycles. The van der Waals surface area contributed by atoms with Gasteiger partial charge in [0, 0.05) is 19.0 Å². The summed E-state index contributed by atoms with van der Waals surface area (Å²) < 4.78 is 35.3. The molecule has 4 rings (SSSR count). The normalized spacial score (nSPS) is 15.9. The minimum Gasteiger partial charge on any atom is -0.490 e. The Morgan fingerprint density at radius 3 is 2.66 bits per heavy atom. The lowest BCUT2D eigenvalue weighted by atomic mass is 10.1. The van der Waals surface area contributed by atoms with Crippen molar-refractivity contribution in [3.8, 4) is 11.5 Å². The fourth-order valence-corrected chi connectivity index (χ4v) is 3.83. The largest absolute Gasteiger partial charge is 0.490 e. The highest BCUT2D eigenvalue weighted by molar-refractivity contribution is 6.02. The number of amides is 1. The molecule has 170 valence electrons. The van der Waals surface area contributed by atoms with E-state index in [-0.39, 0.29) is 24.0 Å². The van der Waals surface area contributed by atoms with Crippen LogP contribution in [0.4, 0.5) is 8.78 Å². The van der Waals surface area contributed by atoms with E-state index < -0.39 is 6.61 Å². The molecule has 2 aromatic rings. The van der Waals surface area contributed by atoms with Crippen LogP contribution >= 0.6 is 0 Å². The van der Waals surface area contributed by atoms with E-state index in [0.29, 0.717) is 25.7 Å². The van der Waals surface area contributed by atoms with Crippen molar-refractivity contribution in [3.05, 3.63) is 59.7 Å². The molecular formula is C24H27F2N3O3. The number of halogens is 2. The molecule has 6 nitrogen and oxygen atoms in total. The fraction of sp³-hybridized carbons (Fsp3) is 0.417. The van der Waals surface area contributed by atoms with Gasteiger partial charge in [-0.05, 0) is 43.0 Å². The van der Waals surface area contributed by atoms with Gasteiger partial charge in [0.15, 0.2) is 11.5 Å². The van der Waals surface area contributed by atoms with Crippen LogP contribution in [0.2, 0.25) is 0 Å². The molecular weight excluding hydrogens is 416 g/mol. The molecule has 0 N–H and O–H groups in total. The smallest absolute Gasteiger partial charge is 0.387 e. The van der Waals surface area contributed by atoms with Gasteiger partial charge < -0.3 is 9.47 Å². The van der Waals surface area contributed by atoms with Gasteiger partial charge in [-0.25, -0.2) is 5.01 Å². The maximum Gasteiger partial charge on any atom is 0.387 e. The molecule has 1 heterocycles. The summed E-state index contributed by atoms with van der Waals surface area (Å²) in [5.41, 5.74) is 2.84. The number of carbonyl (C=O) groups is 1. The lowest BCUT2D eigenvalue weighted by Crippen LogP contribution is -2.38. The van der Waals surface area contributed by atoms with E-state index >= 15 is 0 Å². The predicted molar refractivity (Wildman–Crippen MR) is 117 cm³/mol. The van der Waals surface area contributed by atoms with Gasteiger partial charge in [0.25, 0.3) is 5.91 Å². The molecule has 0 aromatic heterocycles.